The van der Waals surface area contributed by atoms with Crippen molar-refractivity contribution in [1.82, 2.24) is 0 Å². The maximum absolute atomic E-state index is 12.2. The average molecular weight is 326 g/mol. The van der Waals surface area contributed by atoms with E-state index in [4.69, 9.17) is 9.47 Å². The lowest BCUT2D eigenvalue weighted by Gasteiger charge is -2.31. The highest BCUT2D eigenvalue weighted by Gasteiger charge is 2.31. The molecule has 0 aliphatic carbocycles. The topological polar surface area (TPSA) is 52.6 Å². The first-order chi connectivity index (χ1) is 11.4. The summed E-state index contributed by atoms with van der Waals surface area (Å²) in [6.07, 6.45) is 0. The number of carbonyl (C=O) groups is 2. The minimum Gasteiger partial charge on any atom is -0.462 e. The third-order valence-corrected chi connectivity index (χ3v) is 4.03. The fourth-order valence-electron chi connectivity index (χ4n) is 2.03. The first-order valence-corrected chi connectivity index (χ1v) is 7.90. The van der Waals surface area contributed by atoms with E-state index >= 15 is 0 Å². The maximum atomic E-state index is 12.2. The molecule has 0 saturated carbocycles. The van der Waals surface area contributed by atoms with Gasteiger partial charge in [-0.25, -0.2) is 9.59 Å². The Kier molecular flexibility index (Phi) is 5.74. The van der Waals surface area contributed by atoms with Gasteiger partial charge in [0.2, 0.25) is 0 Å². The second-order valence-corrected chi connectivity index (χ2v) is 6.22. The highest BCUT2D eigenvalue weighted by atomic mass is 16.6. The van der Waals surface area contributed by atoms with E-state index in [1.54, 1.807) is 48.5 Å². The third kappa shape index (κ3) is 4.69. The minimum absolute atomic E-state index is 0.155. The van der Waals surface area contributed by atoms with E-state index in [1.807, 2.05) is 32.9 Å². The zero-order valence-corrected chi connectivity index (χ0v) is 14.2. The number of ether oxygens (including phenoxy) is 2. The van der Waals surface area contributed by atoms with E-state index in [-0.39, 0.29) is 24.5 Å². The van der Waals surface area contributed by atoms with Crippen LogP contribution in [-0.4, -0.2) is 24.1 Å². The van der Waals surface area contributed by atoms with Gasteiger partial charge >= 0.3 is 11.9 Å². The summed E-state index contributed by atoms with van der Waals surface area (Å²) in [5.74, 6) is -0.924. The predicted octanol–water partition coefficient (Wildman–Crippen LogP) is 4.12. The molecule has 4 heteroatoms. The van der Waals surface area contributed by atoms with Crippen LogP contribution in [0.3, 0.4) is 0 Å². The molecule has 126 valence electrons. The van der Waals surface area contributed by atoms with Crippen LogP contribution in [0.1, 0.15) is 41.5 Å². The lowest BCUT2D eigenvalue weighted by molar-refractivity contribution is -0.0418. The van der Waals surface area contributed by atoms with Crippen LogP contribution in [0, 0.1) is 5.92 Å². The van der Waals surface area contributed by atoms with Crippen LogP contribution in [0.25, 0.3) is 0 Å². The van der Waals surface area contributed by atoms with Crippen molar-refractivity contribution in [3.8, 4) is 0 Å². The van der Waals surface area contributed by atoms with Gasteiger partial charge < -0.3 is 9.47 Å². The van der Waals surface area contributed by atoms with Crippen LogP contribution in [-0.2, 0) is 9.47 Å². The molecule has 0 fully saturated rings. The van der Waals surface area contributed by atoms with E-state index in [9.17, 15) is 9.59 Å². The van der Waals surface area contributed by atoms with E-state index < -0.39 is 5.60 Å². The zero-order chi connectivity index (χ0) is 17.6. The van der Waals surface area contributed by atoms with E-state index in [2.05, 4.69) is 0 Å². The molecule has 0 aliphatic rings. The van der Waals surface area contributed by atoms with Gasteiger partial charge in [0.05, 0.1) is 17.7 Å². The molecule has 0 heterocycles. The van der Waals surface area contributed by atoms with Gasteiger partial charge in [-0.15, -0.1) is 0 Å². The molecule has 0 N–H and O–H groups in total. The molecule has 0 amide bonds. The fraction of sp³-hybridized carbons (Fsp3) is 0.300. The molecule has 0 spiro atoms. The summed E-state index contributed by atoms with van der Waals surface area (Å²) in [5.41, 5.74) is 0.243. The van der Waals surface area contributed by atoms with Gasteiger partial charge in [-0.05, 0) is 38.1 Å². The van der Waals surface area contributed by atoms with Crippen molar-refractivity contribution in [2.75, 3.05) is 6.61 Å². The van der Waals surface area contributed by atoms with Gasteiger partial charge in [-0.2, -0.15) is 0 Å². The average Bonchev–Trinajstić information content (AvgIpc) is 2.60. The van der Waals surface area contributed by atoms with E-state index in [0.717, 1.165) is 0 Å². The van der Waals surface area contributed by atoms with Gasteiger partial charge in [-0.1, -0.05) is 43.3 Å². The van der Waals surface area contributed by atoms with Crippen LogP contribution in [0.2, 0.25) is 0 Å². The Morgan fingerprint density at radius 2 is 1.33 bits per heavy atom. The second-order valence-electron chi connectivity index (χ2n) is 6.22. The lowest BCUT2D eigenvalue weighted by Crippen LogP contribution is -2.38. The molecule has 2 aromatic carbocycles. The van der Waals surface area contributed by atoms with Crippen LogP contribution >= 0.6 is 0 Å². The molecule has 0 aromatic heterocycles. The van der Waals surface area contributed by atoms with Crippen molar-refractivity contribution in [1.29, 1.82) is 0 Å². The van der Waals surface area contributed by atoms with E-state index in [0.29, 0.717) is 11.1 Å². The SMILES string of the molecule is CC(COC(=O)c1ccccc1)C(C)(C)OC(=O)c1ccccc1. The smallest absolute Gasteiger partial charge is 0.338 e. The van der Waals surface area contributed by atoms with Gasteiger partial charge in [0.15, 0.2) is 0 Å². The van der Waals surface area contributed by atoms with Crippen molar-refractivity contribution in [3.05, 3.63) is 71.8 Å². The van der Waals surface area contributed by atoms with E-state index in [1.165, 1.54) is 0 Å². The largest absolute Gasteiger partial charge is 0.462 e. The Morgan fingerprint density at radius 1 is 0.875 bits per heavy atom. The molecule has 0 aliphatic heterocycles. The van der Waals surface area contributed by atoms with Crippen molar-refractivity contribution in [3.63, 3.8) is 0 Å². The summed E-state index contributed by atoms with van der Waals surface area (Å²) in [6.45, 7) is 5.68. The molecule has 0 saturated heterocycles. The Morgan fingerprint density at radius 3 is 1.83 bits per heavy atom. The summed E-state index contributed by atoms with van der Waals surface area (Å²) in [7, 11) is 0. The Bertz CT molecular complexity index is 677. The zero-order valence-electron chi connectivity index (χ0n) is 14.2. The predicted molar refractivity (Wildman–Crippen MR) is 91.8 cm³/mol. The monoisotopic (exact) mass is 326 g/mol. The van der Waals surface area contributed by atoms with Crippen LogP contribution in [0.15, 0.2) is 60.7 Å². The molecule has 4 nitrogen and oxygen atoms in total. The molecule has 0 radical (unpaired) electrons. The first kappa shape index (κ1) is 17.7. The van der Waals surface area contributed by atoms with Crippen LogP contribution < -0.4 is 0 Å². The summed E-state index contributed by atoms with van der Waals surface area (Å²) in [6, 6.07) is 17.6. The quantitative estimate of drug-likeness (QED) is 0.750. The summed E-state index contributed by atoms with van der Waals surface area (Å²) in [4.78, 5) is 24.2. The molecular weight excluding hydrogens is 304 g/mol. The number of esters is 2. The molecule has 1 atom stereocenters. The van der Waals surface area contributed by atoms with Gasteiger partial charge in [0.1, 0.15) is 5.60 Å². The van der Waals surface area contributed by atoms with Gasteiger partial charge in [0, 0.05) is 5.92 Å². The number of hydrogen-bond donors (Lipinski definition) is 0. The first-order valence-electron chi connectivity index (χ1n) is 7.90. The number of rotatable bonds is 6. The third-order valence-electron chi connectivity index (χ3n) is 4.03. The number of hydrogen-bond acceptors (Lipinski definition) is 4. The molecule has 2 rings (SSSR count). The molecule has 24 heavy (non-hydrogen) atoms. The van der Waals surface area contributed by atoms with Crippen molar-refractivity contribution >= 4 is 11.9 Å². The molecule has 2 aromatic rings. The Labute approximate surface area is 142 Å². The maximum Gasteiger partial charge on any atom is 0.338 e. The van der Waals surface area contributed by atoms with Crippen molar-refractivity contribution in [2.45, 2.75) is 26.4 Å². The summed E-state index contributed by atoms with van der Waals surface area (Å²) in [5, 5.41) is 0. The Balaban J connectivity index is 1.91. The summed E-state index contributed by atoms with van der Waals surface area (Å²) >= 11 is 0. The van der Waals surface area contributed by atoms with Gasteiger partial charge in [0.25, 0.3) is 0 Å². The van der Waals surface area contributed by atoms with Crippen molar-refractivity contribution in [2.24, 2.45) is 5.92 Å². The van der Waals surface area contributed by atoms with Crippen molar-refractivity contribution < 1.29 is 19.1 Å². The second kappa shape index (κ2) is 7.77. The van der Waals surface area contributed by atoms with Crippen LogP contribution in [0.5, 0.6) is 0 Å². The highest BCUT2D eigenvalue weighted by molar-refractivity contribution is 5.90. The normalized spacial score (nSPS) is 12.3. The molecular formula is C20H22O4. The highest BCUT2D eigenvalue weighted by Crippen LogP contribution is 2.23. The minimum atomic E-state index is -0.760. The molecule has 0 bridgehead atoms. The number of benzene rings is 2. The fourth-order valence-corrected chi connectivity index (χ4v) is 2.03. The van der Waals surface area contributed by atoms with Crippen LogP contribution in [0.4, 0.5) is 0 Å². The summed E-state index contributed by atoms with van der Waals surface area (Å²) < 4.78 is 10.9. The number of carbonyl (C=O) groups excluding carboxylic acids is 2. The Hall–Kier alpha value is -2.62. The van der Waals surface area contributed by atoms with Gasteiger partial charge in [-0.3, -0.25) is 0 Å². The molecule has 1 unspecified atom stereocenters. The lowest BCUT2D eigenvalue weighted by atomic mass is 9.93. The standard InChI is InChI=1S/C20H22O4/c1-15(14-23-18(21)16-10-6-4-7-11-16)20(2,3)24-19(22)17-12-8-5-9-13-17/h4-13,15H,14H2,1-3H3.